The molecule has 2 nitrogen and oxygen atoms in total. The monoisotopic (exact) mass is 222 g/mol. The number of hydrogen-bond donors (Lipinski definition) is 0. The Balaban J connectivity index is 3.12. The van der Waals surface area contributed by atoms with E-state index in [0.717, 1.165) is 8.68 Å². The van der Waals surface area contributed by atoms with Crippen LogP contribution in [-0.2, 0) is 0 Å². The van der Waals surface area contributed by atoms with E-state index in [2.05, 4.69) is 9.97 Å². The van der Waals surface area contributed by atoms with Crippen LogP contribution in [0.5, 0.6) is 0 Å². The topological polar surface area (TPSA) is 25.8 Å². The summed E-state index contributed by atoms with van der Waals surface area (Å²) in [6.07, 6.45) is 3.97. The van der Waals surface area contributed by atoms with Crippen molar-refractivity contribution in [2.24, 2.45) is 0 Å². The summed E-state index contributed by atoms with van der Waals surface area (Å²) in [5.74, 6) is 0. The summed E-state index contributed by atoms with van der Waals surface area (Å²) in [6.45, 7) is 0. The van der Waals surface area contributed by atoms with E-state index in [1.54, 1.807) is 34.9 Å². The van der Waals surface area contributed by atoms with E-state index < -0.39 is 0 Å². The van der Waals surface area contributed by atoms with Crippen LogP contribution in [0.3, 0.4) is 0 Å². The van der Waals surface area contributed by atoms with Crippen molar-refractivity contribution in [1.29, 1.82) is 0 Å². The summed E-state index contributed by atoms with van der Waals surface area (Å²) in [7, 11) is 0. The molecule has 1 aromatic rings. The molecule has 0 fully saturated rings. The molecule has 0 bridgehead atoms. The first-order valence-electron chi connectivity index (χ1n) is 2.73. The highest BCUT2D eigenvalue weighted by Gasteiger charge is 1.97. The molecule has 6 heteroatoms. The summed E-state index contributed by atoms with van der Waals surface area (Å²) >= 11 is 9.65. The van der Waals surface area contributed by atoms with Gasteiger partial charge in [0.2, 0.25) is 4.77 Å². The summed E-state index contributed by atoms with van der Waals surface area (Å²) in [6, 6.07) is 0. The number of nitrogens with zero attached hydrogens (tertiary/aromatic N) is 2. The highest BCUT2D eigenvalue weighted by atomic mass is 32.2. The van der Waals surface area contributed by atoms with Crippen molar-refractivity contribution in [2.45, 2.75) is 8.68 Å². The van der Waals surface area contributed by atoms with E-state index >= 15 is 0 Å². The molecule has 1 aromatic heterocycles. The molecule has 0 aromatic carbocycles. The molecule has 0 radical (unpaired) electrons. The molecular formula is C5H6N2S4. The predicted octanol–water partition coefficient (Wildman–Crippen LogP) is 2.71. The Labute approximate surface area is 82.9 Å². The van der Waals surface area contributed by atoms with Crippen molar-refractivity contribution >= 4 is 47.1 Å². The summed E-state index contributed by atoms with van der Waals surface area (Å²) in [4.78, 5) is 8.14. The third-order valence-corrected chi connectivity index (χ3v) is 3.99. The van der Waals surface area contributed by atoms with Crippen LogP contribution in [0.25, 0.3) is 0 Å². The first-order valence-corrected chi connectivity index (χ1v) is 6.41. The van der Waals surface area contributed by atoms with Crippen molar-refractivity contribution in [3.05, 3.63) is 4.77 Å². The molecule has 0 aliphatic carbocycles. The minimum absolute atomic E-state index is 0.442. The second-order valence-corrected chi connectivity index (χ2v) is 5.00. The highest BCUT2D eigenvalue weighted by Crippen LogP contribution is 2.24. The lowest BCUT2D eigenvalue weighted by Gasteiger charge is -1.95. The maximum atomic E-state index is 4.88. The van der Waals surface area contributed by atoms with Gasteiger partial charge in [-0.1, -0.05) is 34.9 Å². The molecule has 0 amide bonds. The van der Waals surface area contributed by atoms with Gasteiger partial charge >= 0.3 is 0 Å². The van der Waals surface area contributed by atoms with E-state index in [1.807, 2.05) is 12.5 Å². The molecule has 0 saturated carbocycles. The predicted molar refractivity (Wildman–Crippen MR) is 54.3 cm³/mol. The Morgan fingerprint density at radius 2 is 1.64 bits per heavy atom. The first-order chi connectivity index (χ1) is 5.26. The van der Waals surface area contributed by atoms with Crippen LogP contribution in [0.1, 0.15) is 0 Å². The number of hydrogen-bond acceptors (Lipinski definition) is 6. The Morgan fingerprint density at radius 1 is 1.18 bits per heavy atom. The normalized spacial score (nSPS) is 10.0. The summed E-state index contributed by atoms with van der Waals surface area (Å²) < 4.78 is 2.40. The van der Waals surface area contributed by atoms with Gasteiger partial charge < -0.3 is 0 Å². The van der Waals surface area contributed by atoms with Crippen LogP contribution >= 0.6 is 47.1 Å². The van der Waals surface area contributed by atoms with Gasteiger partial charge in [-0.3, -0.25) is 0 Å². The van der Waals surface area contributed by atoms with Crippen LogP contribution in [0.2, 0.25) is 0 Å². The largest absolute Gasteiger partial charge is 0.222 e. The molecule has 0 spiro atoms. The average Bonchev–Trinajstić information content (AvgIpc) is 2.03. The second kappa shape index (κ2) is 4.39. The second-order valence-electron chi connectivity index (χ2n) is 1.55. The van der Waals surface area contributed by atoms with Gasteiger partial charge in [0.15, 0.2) is 8.68 Å². The first kappa shape index (κ1) is 9.44. The lowest BCUT2D eigenvalue weighted by Crippen LogP contribution is -1.82. The van der Waals surface area contributed by atoms with Crippen molar-refractivity contribution < 1.29 is 0 Å². The van der Waals surface area contributed by atoms with Crippen LogP contribution in [0, 0.1) is 4.77 Å². The number of aromatic nitrogens is 2. The van der Waals surface area contributed by atoms with Crippen LogP contribution in [0.15, 0.2) is 8.68 Å². The van der Waals surface area contributed by atoms with Gasteiger partial charge in [-0.2, -0.15) is 0 Å². The molecule has 1 heterocycles. The van der Waals surface area contributed by atoms with Crippen molar-refractivity contribution in [1.82, 2.24) is 9.97 Å². The van der Waals surface area contributed by atoms with Gasteiger partial charge in [0.25, 0.3) is 0 Å². The van der Waals surface area contributed by atoms with Gasteiger partial charge in [-0.25, -0.2) is 9.97 Å². The van der Waals surface area contributed by atoms with Crippen molar-refractivity contribution in [3.63, 3.8) is 0 Å². The molecule has 0 N–H and O–H groups in total. The zero-order chi connectivity index (χ0) is 8.27. The molecule has 0 aliphatic heterocycles. The lowest BCUT2D eigenvalue weighted by molar-refractivity contribution is 1.04. The van der Waals surface area contributed by atoms with Crippen molar-refractivity contribution in [3.8, 4) is 0 Å². The van der Waals surface area contributed by atoms with Gasteiger partial charge in [-0.15, -0.1) is 0 Å². The molecule has 11 heavy (non-hydrogen) atoms. The summed E-state index contributed by atoms with van der Waals surface area (Å²) in [5, 5.41) is 0. The van der Waals surface area contributed by atoms with Gasteiger partial charge in [0, 0.05) is 0 Å². The maximum Gasteiger partial charge on any atom is 0.222 e. The SMILES string of the molecule is CSc1nc(=S)nc(SC)s1. The highest BCUT2D eigenvalue weighted by molar-refractivity contribution is 8.02. The van der Waals surface area contributed by atoms with E-state index in [4.69, 9.17) is 12.2 Å². The number of rotatable bonds is 2. The maximum absolute atomic E-state index is 4.88. The molecule has 0 atom stereocenters. The average molecular weight is 222 g/mol. The van der Waals surface area contributed by atoms with Crippen LogP contribution in [-0.4, -0.2) is 22.5 Å². The standard InChI is InChI=1S/C5H6N2S4/c1-9-4-6-3(8)7-5(10-2)11-4/h1-2H3. The lowest BCUT2D eigenvalue weighted by atomic mass is 11.2. The fourth-order valence-corrected chi connectivity index (χ4v) is 2.96. The Bertz CT molecular complexity index is 270. The van der Waals surface area contributed by atoms with Crippen molar-refractivity contribution in [2.75, 3.05) is 12.5 Å². The molecule has 1 rings (SSSR count). The Hall–Kier alpha value is 0.350. The molecule has 0 saturated heterocycles. The molecule has 60 valence electrons. The Morgan fingerprint density at radius 3 is 2.00 bits per heavy atom. The zero-order valence-electron chi connectivity index (χ0n) is 6.03. The van der Waals surface area contributed by atoms with E-state index in [-0.39, 0.29) is 0 Å². The van der Waals surface area contributed by atoms with E-state index in [0.29, 0.717) is 4.77 Å². The molecule has 0 unspecified atom stereocenters. The Kier molecular flexibility index (Phi) is 3.77. The quantitative estimate of drug-likeness (QED) is 0.566. The minimum Gasteiger partial charge on any atom is -0.201 e. The smallest absolute Gasteiger partial charge is 0.201 e. The third kappa shape index (κ3) is 2.70. The van der Waals surface area contributed by atoms with E-state index in [1.165, 1.54) is 0 Å². The fraction of sp³-hybridized carbons (Fsp3) is 0.400. The van der Waals surface area contributed by atoms with Gasteiger partial charge in [0.05, 0.1) is 0 Å². The van der Waals surface area contributed by atoms with Crippen LogP contribution < -0.4 is 0 Å². The van der Waals surface area contributed by atoms with Crippen LogP contribution in [0.4, 0.5) is 0 Å². The van der Waals surface area contributed by atoms with Gasteiger partial charge in [0.1, 0.15) is 0 Å². The summed E-state index contributed by atoms with van der Waals surface area (Å²) in [5.41, 5.74) is 0. The van der Waals surface area contributed by atoms with Gasteiger partial charge in [-0.05, 0) is 24.7 Å². The minimum atomic E-state index is 0.442. The zero-order valence-corrected chi connectivity index (χ0v) is 9.29. The fourth-order valence-electron chi connectivity index (χ4n) is 0.476. The number of thioether (sulfide) groups is 2. The third-order valence-electron chi connectivity index (χ3n) is 0.898. The molecule has 0 aliphatic rings. The van der Waals surface area contributed by atoms with E-state index in [9.17, 15) is 0 Å². The molecular weight excluding hydrogens is 216 g/mol.